The number of hydrogen-bond donors (Lipinski definition) is 3. The lowest BCUT2D eigenvalue weighted by Crippen LogP contribution is -2.39. The molecule has 4 heteroatoms. The zero-order valence-electron chi connectivity index (χ0n) is 10.3. The van der Waals surface area contributed by atoms with Gasteiger partial charge in [-0.3, -0.25) is 4.79 Å². The first-order valence-electron chi connectivity index (χ1n) is 6.25. The van der Waals surface area contributed by atoms with Crippen molar-refractivity contribution in [3.8, 4) is 0 Å². The Kier molecular flexibility index (Phi) is 5.77. The van der Waals surface area contributed by atoms with Gasteiger partial charge in [-0.05, 0) is 25.7 Å². The first-order chi connectivity index (χ1) is 7.63. The maximum Gasteiger partial charge on any atom is 0.221 e. The van der Waals surface area contributed by atoms with Crippen molar-refractivity contribution in [1.82, 2.24) is 10.6 Å². The molecule has 3 atom stereocenters. The van der Waals surface area contributed by atoms with Gasteiger partial charge in [0.25, 0.3) is 0 Å². The van der Waals surface area contributed by atoms with Crippen LogP contribution in [0.1, 0.15) is 39.0 Å². The molecule has 1 amide bonds. The summed E-state index contributed by atoms with van der Waals surface area (Å²) in [4.78, 5) is 11.1. The minimum absolute atomic E-state index is 0.0594. The van der Waals surface area contributed by atoms with Crippen molar-refractivity contribution in [2.45, 2.75) is 51.2 Å². The molecule has 1 rings (SSSR count). The molecule has 1 saturated carbocycles. The predicted molar refractivity (Wildman–Crippen MR) is 64.1 cm³/mol. The topological polar surface area (TPSA) is 61.4 Å². The molecule has 0 aliphatic heterocycles. The van der Waals surface area contributed by atoms with Crippen molar-refractivity contribution in [2.24, 2.45) is 5.92 Å². The average molecular weight is 228 g/mol. The summed E-state index contributed by atoms with van der Waals surface area (Å²) in [6.45, 7) is 2.82. The van der Waals surface area contributed by atoms with Crippen LogP contribution >= 0.6 is 0 Å². The number of rotatable bonds is 5. The Bertz CT molecular complexity index is 221. The van der Waals surface area contributed by atoms with Crippen molar-refractivity contribution < 1.29 is 9.90 Å². The van der Waals surface area contributed by atoms with Gasteiger partial charge in [-0.1, -0.05) is 12.8 Å². The normalized spacial score (nSPS) is 27.4. The van der Waals surface area contributed by atoms with E-state index >= 15 is 0 Å². The Labute approximate surface area is 97.8 Å². The largest absolute Gasteiger partial charge is 0.393 e. The monoisotopic (exact) mass is 228 g/mol. The Morgan fingerprint density at radius 1 is 1.44 bits per heavy atom. The van der Waals surface area contributed by atoms with Crippen LogP contribution in [-0.2, 0) is 4.79 Å². The number of aliphatic hydroxyl groups excluding tert-OH is 1. The highest BCUT2D eigenvalue weighted by molar-refractivity contribution is 5.76. The van der Waals surface area contributed by atoms with Crippen LogP contribution in [-0.4, -0.2) is 36.8 Å². The zero-order chi connectivity index (χ0) is 12.0. The molecule has 4 nitrogen and oxygen atoms in total. The smallest absolute Gasteiger partial charge is 0.221 e. The molecule has 0 radical (unpaired) electrons. The summed E-state index contributed by atoms with van der Waals surface area (Å²) in [5.41, 5.74) is 0. The van der Waals surface area contributed by atoms with Gasteiger partial charge < -0.3 is 15.7 Å². The summed E-state index contributed by atoms with van der Waals surface area (Å²) in [6.07, 6.45) is 4.73. The Morgan fingerprint density at radius 3 is 2.75 bits per heavy atom. The molecule has 16 heavy (non-hydrogen) atoms. The van der Waals surface area contributed by atoms with Crippen LogP contribution in [0.15, 0.2) is 0 Å². The minimum atomic E-state index is -0.159. The second kappa shape index (κ2) is 6.86. The third-order valence-corrected chi connectivity index (χ3v) is 3.37. The fraction of sp³-hybridized carbons (Fsp3) is 0.917. The van der Waals surface area contributed by atoms with Gasteiger partial charge in [0.05, 0.1) is 6.10 Å². The number of carbonyl (C=O) groups excluding carboxylic acids is 1. The number of amides is 1. The van der Waals surface area contributed by atoms with Crippen LogP contribution < -0.4 is 10.6 Å². The van der Waals surface area contributed by atoms with Crippen molar-refractivity contribution in [3.63, 3.8) is 0 Å². The van der Waals surface area contributed by atoms with Gasteiger partial charge in [0.15, 0.2) is 0 Å². The highest BCUT2D eigenvalue weighted by Gasteiger charge is 2.23. The molecule has 1 aliphatic carbocycles. The third-order valence-electron chi connectivity index (χ3n) is 3.37. The number of carbonyl (C=O) groups is 1. The van der Waals surface area contributed by atoms with E-state index in [1.807, 2.05) is 6.92 Å². The molecular formula is C12H24N2O2. The highest BCUT2D eigenvalue weighted by atomic mass is 16.3. The molecule has 0 spiro atoms. The van der Waals surface area contributed by atoms with Gasteiger partial charge in [-0.2, -0.15) is 0 Å². The van der Waals surface area contributed by atoms with Crippen LogP contribution in [0, 0.1) is 5.92 Å². The van der Waals surface area contributed by atoms with Crippen molar-refractivity contribution in [1.29, 1.82) is 0 Å². The van der Waals surface area contributed by atoms with Gasteiger partial charge in [0, 0.05) is 26.1 Å². The lowest BCUT2D eigenvalue weighted by atomic mass is 9.86. The molecule has 1 aliphatic rings. The molecule has 0 aromatic carbocycles. The summed E-state index contributed by atoms with van der Waals surface area (Å²) in [5, 5.41) is 15.7. The second-order valence-corrected chi connectivity index (χ2v) is 4.80. The summed E-state index contributed by atoms with van der Waals surface area (Å²) in [7, 11) is 1.65. The summed E-state index contributed by atoms with van der Waals surface area (Å²) >= 11 is 0. The van der Waals surface area contributed by atoms with Crippen LogP contribution in [0.25, 0.3) is 0 Å². The van der Waals surface area contributed by atoms with E-state index in [1.165, 1.54) is 6.42 Å². The van der Waals surface area contributed by atoms with E-state index in [0.717, 1.165) is 25.8 Å². The maximum atomic E-state index is 11.1. The lowest BCUT2D eigenvalue weighted by Gasteiger charge is -2.28. The van der Waals surface area contributed by atoms with E-state index in [4.69, 9.17) is 0 Å². The van der Waals surface area contributed by atoms with Crippen LogP contribution in [0.3, 0.4) is 0 Å². The number of hydrogen-bond acceptors (Lipinski definition) is 3. The maximum absolute atomic E-state index is 11.1. The molecule has 0 aromatic heterocycles. The molecule has 0 saturated heterocycles. The van der Waals surface area contributed by atoms with E-state index in [1.54, 1.807) is 7.05 Å². The zero-order valence-corrected chi connectivity index (χ0v) is 10.3. The first-order valence-corrected chi connectivity index (χ1v) is 6.25. The Hall–Kier alpha value is -0.610. The van der Waals surface area contributed by atoms with Gasteiger partial charge in [0.1, 0.15) is 0 Å². The average Bonchev–Trinajstić information content (AvgIpc) is 2.28. The number of nitrogens with one attached hydrogen (secondary N) is 2. The van der Waals surface area contributed by atoms with Gasteiger partial charge in [-0.15, -0.1) is 0 Å². The fourth-order valence-corrected chi connectivity index (χ4v) is 2.23. The summed E-state index contributed by atoms with van der Waals surface area (Å²) < 4.78 is 0. The Morgan fingerprint density at radius 2 is 2.12 bits per heavy atom. The van der Waals surface area contributed by atoms with Crippen LogP contribution in [0.5, 0.6) is 0 Å². The molecule has 1 fully saturated rings. The van der Waals surface area contributed by atoms with Crippen molar-refractivity contribution >= 4 is 5.91 Å². The Balaban J connectivity index is 2.19. The fourth-order valence-electron chi connectivity index (χ4n) is 2.23. The summed E-state index contributed by atoms with van der Waals surface area (Å²) in [6, 6.07) is 0.175. The minimum Gasteiger partial charge on any atom is -0.393 e. The molecule has 3 N–H and O–H groups in total. The van der Waals surface area contributed by atoms with E-state index in [2.05, 4.69) is 10.6 Å². The molecule has 94 valence electrons. The van der Waals surface area contributed by atoms with E-state index in [0.29, 0.717) is 12.3 Å². The van der Waals surface area contributed by atoms with Crippen LogP contribution in [0.2, 0.25) is 0 Å². The summed E-state index contributed by atoms with van der Waals surface area (Å²) in [5.74, 6) is 0.421. The molecule has 3 unspecified atom stereocenters. The highest BCUT2D eigenvalue weighted by Crippen LogP contribution is 2.23. The van der Waals surface area contributed by atoms with Gasteiger partial charge in [-0.25, -0.2) is 0 Å². The van der Waals surface area contributed by atoms with E-state index in [9.17, 15) is 9.90 Å². The van der Waals surface area contributed by atoms with Gasteiger partial charge >= 0.3 is 0 Å². The SMILES string of the molecule is CNC(=O)CC(C)NCC1CCCCC1O. The molecule has 0 bridgehead atoms. The second-order valence-electron chi connectivity index (χ2n) is 4.80. The molecule has 0 heterocycles. The van der Waals surface area contributed by atoms with Crippen LogP contribution in [0.4, 0.5) is 0 Å². The van der Waals surface area contributed by atoms with Crippen molar-refractivity contribution in [2.75, 3.05) is 13.6 Å². The molecular weight excluding hydrogens is 204 g/mol. The predicted octanol–water partition coefficient (Wildman–Crippen LogP) is 0.652. The van der Waals surface area contributed by atoms with E-state index < -0.39 is 0 Å². The standard InChI is InChI=1S/C12H24N2O2/c1-9(7-12(16)13-2)14-8-10-5-3-4-6-11(10)15/h9-11,14-15H,3-8H2,1-2H3,(H,13,16). The van der Waals surface area contributed by atoms with E-state index in [-0.39, 0.29) is 18.1 Å². The van der Waals surface area contributed by atoms with Gasteiger partial charge in [0.2, 0.25) is 5.91 Å². The van der Waals surface area contributed by atoms with Crippen molar-refractivity contribution in [3.05, 3.63) is 0 Å². The number of aliphatic hydroxyl groups is 1. The first kappa shape index (κ1) is 13.5. The molecule has 0 aromatic rings. The lowest BCUT2D eigenvalue weighted by molar-refractivity contribution is -0.121. The third kappa shape index (κ3) is 4.49. The quantitative estimate of drug-likeness (QED) is 0.647.